The summed E-state index contributed by atoms with van der Waals surface area (Å²) in [5.74, 6) is 3.17. The highest BCUT2D eigenvalue weighted by Crippen LogP contribution is 2.81. The largest absolute Gasteiger partial charge is 0.357 e. The molecule has 186 valence electrons. The molecule has 2 N–H and O–H groups in total. The number of nitrogens with one attached hydrogen (secondary N) is 2. The maximum Gasteiger partial charge on any atom is 0.141 e. The molecule has 5 nitrogen and oxygen atoms in total. The monoisotopic (exact) mass is 499 g/mol. The van der Waals surface area contributed by atoms with Crippen LogP contribution < -0.4 is 0 Å². The molecule has 2 aromatic carbocycles. The molecule has 4 aliphatic carbocycles. The Morgan fingerprint density at radius 1 is 0.789 bits per heavy atom. The molecule has 3 bridgehead atoms. The lowest BCUT2D eigenvalue weighted by atomic mass is 9.45. The van der Waals surface area contributed by atoms with Gasteiger partial charge in [-0.25, -0.2) is 9.37 Å². The second kappa shape index (κ2) is 6.42. The fourth-order valence-corrected chi connectivity index (χ4v) is 10.1. The Balaban J connectivity index is 1.31. The lowest BCUT2D eigenvalue weighted by Crippen LogP contribution is -2.55. The molecule has 0 amide bonds. The Morgan fingerprint density at radius 2 is 1.61 bits per heavy atom. The molecule has 4 aromatic heterocycles. The van der Waals surface area contributed by atoms with E-state index in [9.17, 15) is 4.39 Å². The highest BCUT2D eigenvalue weighted by molar-refractivity contribution is 6.21. The van der Waals surface area contributed by atoms with Crippen molar-refractivity contribution in [3.63, 3.8) is 0 Å². The second-order valence-electron chi connectivity index (χ2n) is 12.6. The van der Waals surface area contributed by atoms with Gasteiger partial charge < -0.3 is 9.97 Å². The molecule has 6 heteroatoms. The van der Waals surface area contributed by atoms with Gasteiger partial charge in [-0.05, 0) is 104 Å². The average molecular weight is 500 g/mol. The smallest absolute Gasteiger partial charge is 0.141 e. The highest BCUT2D eigenvalue weighted by Gasteiger charge is 2.75. The van der Waals surface area contributed by atoms with Crippen LogP contribution in [0.4, 0.5) is 4.39 Å². The summed E-state index contributed by atoms with van der Waals surface area (Å²) in [7, 11) is 0. The Hall–Kier alpha value is -3.80. The number of rotatable bonds is 2. The minimum atomic E-state index is -0.210. The third-order valence-corrected chi connectivity index (χ3v) is 11.1. The first-order valence-electron chi connectivity index (χ1n) is 14.0. The summed E-state index contributed by atoms with van der Waals surface area (Å²) < 4.78 is 14.7. The van der Waals surface area contributed by atoms with Crippen LogP contribution in [-0.4, -0.2) is 24.9 Å². The molecule has 4 unspecified atom stereocenters. The Kier molecular flexibility index (Phi) is 3.41. The van der Waals surface area contributed by atoms with Crippen LogP contribution in [0.25, 0.3) is 55.1 Å². The van der Waals surface area contributed by atoms with Crippen molar-refractivity contribution in [3.05, 3.63) is 66.4 Å². The topological polar surface area (TPSA) is 70.2 Å². The van der Waals surface area contributed by atoms with E-state index in [2.05, 4.69) is 32.1 Å². The van der Waals surface area contributed by atoms with Gasteiger partial charge in [-0.15, -0.1) is 0 Å². The maximum atomic E-state index is 14.7. The molecular weight excluding hydrogens is 473 g/mol. The van der Waals surface area contributed by atoms with E-state index in [1.54, 1.807) is 12.1 Å². The molecule has 4 heterocycles. The van der Waals surface area contributed by atoms with E-state index in [4.69, 9.17) is 4.98 Å². The molecule has 5 atom stereocenters. The molecule has 0 saturated heterocycles. The first-order chi connectivity index (χ1) is 18.6. The molecule has 4 fully saturated rings. The highest BCUT2D eigenvalue weighted by atomic mass is 19.1. The molecule has 0 radical (unpaired) electrons. The molecular formula is C32H26FN5. The SMILES string of the molecule is Fc1ccc2[nH]c(C34CC5CC6CC(C3)[C@]4(C6)C5)c(-c3nc4c5cccnc5c5ncccc5c4[nH]3)c2c1. The van der Waals surface area contributed by atoms with Crippen molar-refractivity contribution < 1.29 is 4.39 Å². The van der Waals surface area contributed by atoms with Gasteiger partial charge in [0.25, 0.3) is 0 Å². The van der Waals surface area contributed by atoms with Crippen molar-refractivity contribution in [2.24, 2.45) is 23.2 Å². The zero-order valence-corrected chi connectivity index (χ0v) is 20.9. The molecule has 1 spiro atoms. The van der Waals surface area contributed by atoms with E-state index < -0.39 is 0 Å². The van der Waals surface area contributed by atoms with Gasteiger partial charge in [0.2, 0.25) is 0 Å². The van der Waals surface area contributed by atoms with E-state index in [1.807, 2.05) is 30.6 Å². The normalized spacial score (nSPS) is 31.1. The predicted octanol–water partition coefficient (Wildman–Crippen LogP) is 7.41. The lowest BCUT2D eigenvalue weighted by Gasteiger charge is -2.59. The number of hydrogen-bond acceptors (Lipinski definition) is 3. The maximum absolute atomic E-state index is 14.7. The van der Waals surface area contributed by atoms with E-state index in [0.29, 0.717) is 5.41 Å². The second-order valence-corrected chi connectivity index (χ2v) is 12.6. The zero-order valence-electron chi connectivity index (χ0n) is 20.9. The summed E-state index contributed by atoms with van der Waals surface area (Å²) in [6.45, 7) is 0. The van der Waals surface area contributed by atoms with Gasteiger partial charge in [0.15, 0.2) is 0 Å². The van der Waals surface area contributed by atoms with Crippen LogP contribution in [0.15, 0.2) is 54.9 Å². The zero-order chi connectivity index (χ0) is 24.8. The summed E-state index contributed by atoms with van der Waals surface area (Å²) in [5, 5.41) is 2.92. The Morgan fingerprint density at radius 3 is 2.50 bits per heavy atom. The third-order valence-electron chi connectivity index (χ3n) is 11.1. The molecule has 4 aliphatic rings. The molecule has 4 saturated carbocycles. The number of H-pyrrole nitrogens is 2. The van der Waals surface area contributed by atoms with E-state index >= 15 is 0 Å². The lowest BCUT2D eigenvalue weighted by molar-refractivity contribution is -0.0374. The standard InChI is InChI=1S/C32H26FN5/c33-19-5-6-23-22(11-19)24(29(36-23)32-14-17-9-16-10-18(15-32)31(32,12-16)13-17)30-37-27-20-3-1-7-34-25(20)26-21(28(27)38-30)4-2-8-35-26/h1-8,11,16-18,36H,9-10,12-15H2,(H,37,38)/t16?,17?,18?,31-,32?/m0/s1. The summed E-state index contributed by atoms with van der Waals surface area (Å²) in [6, 6.07) is 13.3. The van der Waals surface area contributed by atoms with E-state index in [1.165, 1.54) is 44.2 Å². The minimum absolute atomic E-state index is 0.143. The van der Waals surface area contributed by atoms with Crippen molar-refractivity contribution >= 4 is 43.7 Å². The predicted molar refractivity (Wildman–Crippen MR) is 146 cm³/mol. The average Bonchev–Trinajstić information content (AvgIpc) is 3.62. The number of imidazole rings is 1. The quantitative estimate of drug-likeness (QED) is 0.244. The van der Waals surface area contributed by atoms with Crippen molar-refractivity contribution in [1.82, 2.24) is 24.9 Å². The molecule has 38 heavy (non-hydrogen) atoms. The van der Waals surface area contributed by atoms with Gasteiger partial charge >= 0.3 is 0 Å². The van der Waals surface area contributed by atoms with Crippen LogP contribution in [0.5, 0.6) is 0 Å². The first-order valence-corrected chi connectivity index (χ1v) is 14.0. The summed E-state index contributed by atoms with van der Waals surface area (Å²) in [5.41, 5.74) is 7.51. The fourth-order valence-electron chi connectivity index (χ4n) is 10.1. The van der Waals surface area contributed by atoms with Crippen LogP contribution in [0.1, 0.15) is 44.2 Å². The van der Waals surface area contributed by atoms with Crippen LogP contribution in [0, 0.1) is 29.0 Å². The van der Waals surface area contributed by atoms with Crippen LogP contribution in [-0.2, 0) is 5.41 Å². The number of aromatic amines is 2. The number of fused-ring (bicyclic) bond motifs is 9. The molecule has 6 aromatic rings. The van der Waals surface area contributed by atoms with E-state index in [0.717, 1.165) is 72.9 Å². The number of hydrogen-bond donors (Lipinski definition) is 2. The third kappa shape index (κ3) is 2.17. The van der Waals surface area contributed by atoms with Gasteiger partial charge in [-0.3, -0.25) is 9.97 Å². The van der Waals surface area contributed by atoms with Gasteiger partial charge in [0.1, 0.15) is 11.6 Å². The fraction of sp³-hybridized carbons (Fsp3) is 0.344. The van der Waals surface area contributed by atoms with Crippen molar-refractivity contribution in [2.75, 3.05) is 0 Å². The van der Waals surface area contributed by atoms with Crippen molar-refractivity contribution in [2.45, 2.75) is 43.9 Å². The summed E-state index contributed by atoms with van der Waals surface area (Å²) >= 11 is 0. The number of nitrogens with zero attached hydrogens (tertiary/aromatic N) is 3. The number of aromatic nitrogens is 5. The van der Waals surface area contributed by atoms with Crippen LogP contribution in [0.2, 0.25) is 0 Å². The number of halogens is 1. The van der Waals surface area contributed by atoms with Gasteiger partial charge in [-0.1, -0.05) is 0 Å². The number of benzene rings is 2. The number of pyridine rings is 2. The first kappa shape index (κ1) is 20.2. The summed E-state index contributed by atoms with van der Waals surface area (Å²) in [6.07, 6.45) is 11.7. The van der Waals surface area contributed by atoms with Gasteiger partial charge in [-0.2, -0.15) is 0 Å². The Labute approximate surface area is 217 Å². The van der Waals surface area contributed by atoms with Crippen molar-refractivity contribution in [3.8, 4) is 11.4 Å². The van der Waals surface area contributed by atoms with Crippen molar-refractivity contribution in [1.29, 1.82) is 0 Å². The summed E-state index contributed by atoms with van der Waals surface area (Å²) in [4.78, 5) is 22.2. The van der Waals surface area contributed by atoms with Gasteiger partial charge in [0, 0.05) is 50.7 Å². The minimum Gasteiger partial charge on any atom is -0.357 e. The van der Waals surface area contributed by atoms with Crippen LogP contribution >= 0.6 is 0 Å². The van der Waals surface area contributed by atoms with E-state index in [-0.39, 0.29) is 11.2 Å². The molecule has 10 rings (SSSR count). The molecule has 0 aliphatic heterocycles. The Bertz CT molecular complexity index is 1930. The van der Waals surface area contributed by atoms with Gasteiger partial charge in [0.05, 0.1) is 22.1 Å². The van der Waals surface area contributed by atoms with Crippen LogP contribution in [0.3, 0.4) is 0 Å².